The Balaban J connectivity index is 0.0000115. The minimum absolute atomic E-state index is 0. The van der Waals surface area contributed by atoms with E-state index < -0.39 is 0 Å². The summed E-state index contributed by atoms with van der Waals surface area (Å²) in [6.45, 7) is 17.7. The van der Waals surface area contributed by atoms with E-state index in [0.717, 1.165) is 19.6 Å². The van der Waals surface area contributed by atoms with Crippen LogP contribution < -0.4 is 10.6 Å². The van der Waals surface area contributed by atoms with Crippen molar-refractivity contribution in [2.45, 2.75) is 27.7 Å². The number of nitrogens with zero attached hydrogens (tertiary/aromatic N) is 3. The van der Waals surface area contributed by atoms with Gasteiger partial charge in [-0.3, -0.25) is 14.5 Å². The molecule has 0 aromatic heterocycles. The van der Waals surface area contributed by atoms with Crippen molar-refractivity contribution in [1.29, 1.82) is 5.26 Å². The van der Waals surface area contributed by atoms with Gasteiger partial charge in [0.05, 0.1) is 85.2 Å². The number of hydrogen-bond acceptors (Lipinski definition) is 11. The molecule has 2 aliphatic heterocycles. The van der Waals surface area contributed by atoms with E-state index >= 15 is 0 Å². The third-order valence-electron chi connectivity index (χ3n) is 7.94. The van der Waals surface area contributed by atoms with E-state index in [1.807, 2.05) is 13.8 Å². The van der Waals surface area contributed by atoms with Gasteiger partial charge in [-0.15, -0.1) is 0 Å². The summed E-state index contributed by atoms with van der Waals surface area (Å²) in [6, 6.07) is 2.12. The fourth-order valence-electron chi connectivity index (χ4n) is 5.57. The Morgan fingerprint density at radius 1 is 0.917 bits per heavy atom. The SMILES string of the molecule is CC(C)[C@@H]1CN(C(=O)/C(C#N)=C/C(C)(C)CN2CCOCC2)C[C@H]1C(=O)NCCOCCOCCOCCOCCOCCN[C-]=O.[Tb]. The van der Waals surface area contributed by atoms with Crippen LogP contribution in [0.25, 0.3) is 0 Å². The Bertz CT molecular complexity index is 989. The fourth-order valence-corrected chi connectivity index (χ4v) is 5.57. The molecule has 0 aromatic rings. The Hall–Kier alpha value is -1.35. The molecule has 2 heterocycles. The maximum absolute atomic E-state index is 13.4. The van der Waals surface area contributed by atoms with Crippen LogP contribution >= 0.6 is 0 Å². The van der Waals surface area contributed by atoms with Crippen molar-refractivity contribution < 1.29 is 81.4 Å². The largest absolute Gasteiger partial charge is 0.528 e. The molecule has 0 saturated carbocycles. The third kappa shape index (κ3) is 18.6. The molecule has 277 valence electrons. The molecule has 0 aromatic carbocycles. The van der Waals surface area contributed by atoms with Gasteiger partial charge in [-0.25, -0.2) is 0 Å². The molecule has 3 amide bonds. The number of nitriles is 1. The zero-order chi connectivity index (χ0) is 34.3. The molecule has 15 heteroatoms. The average Bonchev–Trinajstić information content (AvgIpc) is 3.51. The number of ether oxygens (including phenoxy) is 6. The molecule has 2 N–H and O–H groups in total. The third-order valence-corrected chi connectivity index (χ3v) is 7.94. The maximum Gasteiger partial charge on any atom is 0.264 e. The summed E-state index contributed by atoms with van der Waals surface area (Å²) in [5.41, 5.74) is -0.240. The Labute approximate surface area is 317 Å². The molecule has 0 aliphatic carbocycles. The second-order valence-corrected chi connectivity index (χ2v) is 12.7. The van der Waals surface area contributed by atoms with Crippen LogP contribution in [0.1, 0.15) is 27.7 Å². The van der Waals surface area contributed by atoms with E-state index in [1.165, 1.54) is 0 Å². The van der Waals surface area contributed by atoms with Crippen LogP contribution in [-0.2, 0) is 42.8 Å². The summed E-state index contributed by atoms with van der Waals surface area (Å²) >= 11 is 0. The van der Waals surface area contributed by atoms with E-state index in [2.05, 4.69) is 35.5 Å². The minimum atomic E-state index is -0.367. The molecule has 14 nitrogen and oxygen atoms in total. The number of rotatable bonds is 25. The monoisotopic (exact) mass is 825 g/mol. The summed E-state index contributed by atoms with van der Waals surface area (Å²) in [6.07, 6.45) is 3.36. The smallest absolute Gasteiger partial charge is 0.264 e. The summed E-state index contributed by atoms with van der Waals surface area (Å²) in [4.78, 5) is 40.5. The summed E-state index contributed by atoms with van der Waals surface area (Å²) in [7, 11) is 0. The second kappa shape index (κ2) is 26.5. The Kier molecular flexibility index (Phi) is 24.6. The zero-order valence-electron chi connectivity index (χ0n) is 29.1. The van der Waals surface area contributed by atoms with Gasteiger partial charge in [0.1, 0.15) is 11.6 Å². The van der Waals surface area contributed by atoms with E-state index in [1.54, 1.807) is 17.4 Å². The van der Waals surface area contributed by atoms with Crippen LogP contribution in [0.3, 0.4) is 0 Å². The fraction of sp³-hybridized carbons (Fsp3) is 0.818. The standard InChI is InChI=1S/C33H56N5O9.Tb/c1-27(2)29-23-38(32(41)28(22-34)21-33(3,4)25-37-7-11-44-12-8-37)24-30(29)31(40)36-6-10-43-14-16-46-18-20-47-19-17-45-15-13-42-9-5-35-26-39;/h21,27,29-30H,5-20,23-25H2,1-4H3,(H,35,39)(H,36,40);/q-1;/b28-21+;/t29-,30+;/m0./s1. The summed E-state index contributed by atoms with van der Waals surface area (Å²) < 4.78 is 32.6. The number of carbonyl (C=O) groups excluding carboxylic acids is 3. The molecule has 48 heavy (non-hydrogen) atoms. The van der Waals surface area contributed by atoms with Crippen molar-refractivity contribution >= 4 is 18.2 Å². The predicted octanol–water partition coefficient (Wildman–Crippen LogP) is 0.381. The second-order valence-electron chi connectivity index (χ2n) is 12.7. The van der Waals surface area contributed by atoms with E-state index in [4.69, 9.17) is 28.4 Å². The van der Waals surface area contributed by atoms with Gasteiger partial charge in [0, 0.05) is 84.4 Å². The van der Waals surface area contributed by atoms with Crippen molar-refractivity contribution in [3.8, 4) is 6.07 Å². The van der Waals surface area contributed by atoms with Crippen molar-refractivity contribution in [3.05, 3.63) is 11.6 Å². The van der Waals surface area contributed by atoms with Gasteiger partial charge in [0.25, 0.3) is 5.91 Å². The molecule has 2 rings (SSSR count). The number of morpholine rings is 1. The predicted molar refractivity (Wildman–Crippen MR) is 174 cm³/mol. The van der Waals surface area contributed by atoms with Gasteiger partial charge >= 0.3 is 0 Å². The van der Waals surface area contributed by atoms with Gasteiger partial charge in [-0.05, 0) is 17.3 Å². The van der Waals surface area contributed by atoms with Crippen LogP contribution in [0.2, 0.25) is 0 Å². The number of carbonyl (C=O) groups is 2. The quantitative estimate of drug-likeness (QED) is 0.0431. The first-order valence-corrected chi connectivity index (χ1v) is 16.7. The van der Waals surface area contributed by atoms with Crippen LogP contribution in [0, 0.1) is 73.1 Å². The van der Waals surface area contributed by atoms with Gasteiger partial charge in [-0.1, -0.05) is 33.8 Å². The van der Waals surface area contributed by atoms with Crippen LogP contribution in [0.5, 0.6) is 0 Å². The van der Waals surface area contributed by atoms with Crippen LogP contribution in [-0.4, -0.2) is 153 Å². The molecule has 0 unspecified atom stereocenters. The summed E-state index contributed by atoms with van der Waals surface area (Å²) in [5.74, 6) is -0.569. The van der Waals surface area contributed by atoms with Crippen LogP contribution in [0.15, 0.2) is 11.6 Å². The van der Waals surface area contributed by atoms with E-state index in [0.29, 0.717) is 98.9 Å². The number of amides is 3. The zero-order valence-corrected chi connectivity index (χ0v) is 31.2. The molecule has 2 saturated heterocycles. The maximum atomic E-state index is 13.4. The number of nitrogens with one attached hydrogen (secondary N) is 2. The number of likely N-dealkylation sites (tertiary alicyclic amines) is 1. The molecular formula is C33H56N5O9Tb-. The molecule has 2 atom stereocenters. The topological polar surface area (TPSA) is 161 Å². The van der Waals surface area contributed by atoms with Crippen molar-refractivity contribution in [2.24, 2.45) is 23.2 Å². The average molecular weight is 826 g/mol. The van der Waals surface area contributed by atoms with Gasteiger partial charge < -0.3 is 48.7 Å². The molecule has 2 aliphatic rings. The molecule has 2 fully saturated rings. The van der Waals surface area contributed by atoms with Crippen molar-refractivity contribution in [3.63, 3.8) is 0 Å². The van der Waals surface area contributed by atoms with Gasteiger partial charge in [0.15, 0.2) is 0 Å². The first kappa shape index (κ1) is 44.7. The normalized spacial score (nSPS) is 18.8. The Morgan fingerprint density at radius 2 is 1.44 bits per heavy atom. The first-order valence-electron chi connectivity index (χ1n) is 16.7. The molecule has 0 bridgehead atoms. The molecule has 0 spiro atoms. The summed E-state index contributed by atoms with van der Waals surface area (Å²) in [5, 5.41) is 15.2. The van der Waals surface area contributed by atoms with Crippen molar-refractivity contribution in [2.75, 3.05) is 125 Å². The Morgan fingerprint density at radius 3 is 1.94 bits per heavy atom. The van der Waals surface area contributed by atoms with Crippen molar-refractivity contribution in [1.82, 2.24) is 20.4 Å². The minimum Gasteiger partial charge on any atom is -0.528 e. The van der Waals surface area contributed by atoms with Crippen LogP contribution in [0.4, 0.5) is 0 Å². The molecule has 1 radical (unpaired) electrons. The number of hydrogen-bond donors (Lipinski definition) is 2. The first-order chi connectivity index (χ1) is 22.7. The molecular weight excluding hydrogens is 769 g/mol. The van der Waals surface area contributed by atoms with E-state index in [-0.39, 0.29) is 85.7 Å². The van der Waals surface area contributed by atoms with E-state index in [9.17, 15) is 19.6 Å². The van der Waals surface area contributed by atoms with Gasteiger partial charge in [-0.2, -0.15) is 11.7 Å². The van der Waals surface area contributed by atoms with Gasteiger partial charge in [0.2, 0.25) is 5.91 Å².